The predicted octanol–water partition coefficient (Wildman–Crippen LogP) is 2.30. The Balaban J connectivity index is 2.14. The number of hydrogen-bond acceptors (Lipinski definition) is 4. The third-order valence-corrected chi connectivity index (χ3v) is 3.49. The lowest BCUT2D eigenvalue weighted by Gasteiger charge is -2.07. The minimum Gasteiger partial charge on any atom is -0.398 e. The molecule has 1 aromatic carbocycles. The van der Waals surface area contributed by atoms with Gasteiger partial charge in [0.1, 0.15) is 5.69 Å². The number of anilines is 1. The lowest BCUT2D eigenvalue weighted by molar-refractivity contribution is 0.0949. The Bertz CT molecular complexity index is 586. The van der Waals surface area contributed by atoms with E-state index in [4.69, 9.17) is 5.73 Å². The van der Waals surface area contributed by atoms with Gasteiger partial charge in [0.25, 0.3) is 5.91 Å². The lowest BCUT2D eigenvalue weighted by atomic mass is 10.1. The van der Waals surface area contributed by atoms with Crippen LogP contribution in [0.1, 0.15) is 16.9 Å². The van der Waals surface area contributed by atoms with Gasteiger partial charge in [-0.25, -0.2) is 4.98 Å². The van der Waals surface area contributed by atoms with Crippen LogP contribution in [-0.4, -0.2) is 29.4 Å². The summed E-state index contributed by atoms with van der Waals surface area (Å²) in [6.07, 6.45) is 3.00. The fraction of sp³-hybridized carbons (Fsp3) is 0.286. The van der Waals surface area contributed by atoms with E-state index < -0.39 is 0 Å². The zero-order valence-electron chi connectivity index (χ0n) is 10.8. The van der Waals surface area contributed by atoms with Crippen LogP contribution in [0.2, 0.25) is 0 Å². The van der Waals surface area contributed by atoms with Crippen LogP contribution < -0.4 is 11.1 Å². The largest absolute Gasteiger partial charge is 0.398 e. The molecule has 0 fully saturated rings. The molecule has 0 unspecified atom stereocenters. The van der Waals surface area contributed by atoms with Crippen molar-refractivity contribution in [3.05, 3.63) is 36.0 Å². The number of aromatic nitrogens is 1. The van der Waals surface area contributed by atoms with Gasteiger partial charge in [-0.15, -0.1) is 0 Å². The van der Waals surface area contributed by atoms with Crippen molar-refractivity contribution >= 4 is 34.3 Å². The summed E-state index contributed by atoms with van der Waals surface area (Å²) < 4.78 is 0. The van der Waals surface area contributed by atoms with Crippen molar-refractivity contribution in [3.63, 3.8) is 0 Å². The number of hydrogen-bond donors (Lipinski definition) is 2. The number of pyridine rings is 1. The summed E-state index contributed by atoms with van der Waals surface area (Å²) in [5.74, 6) is 0.867. The monoisotopic (exact) mass is 275 g/mol. The second kappa shape index (κ2) is 6.43. The number of fused-ring (bicyclic) bond motifs is 1. The van der Waals surface area contributed by atoms with Gasteiger partial charge in [-0.1, -0.05) is 18.2 Å². The molecule has 19 heavy (non-hydrogen) atoms. The van der Waals surface area contributed by atoms with Crippen LogP contribution in [-0.2, 0) is 0 Å². The molecule has 3 N–H and O–H groups in total. The Morgan fingerprint density at radius 3 is 3.00 bits per heavy atom. The van der Waals surface area contributed by atoms with Gasteiger partial charge in [0.05, 0.1) is 5.52 Å². The van der Waals surface area contributed by atoms with Crippen LogP contribution >= 0.6 is 11.8 Å². The first-order valence-corrected chi connectivity index (χ1v) is 7.54. The molecular formula is C14H17N3OS. The zero-order chi connectivity index (χ0) is 13.7. The molecule has 100 valence electrons. The molecule has 0 saturated carbocycles. The summed E-state index contributed by atoms with van der Waals surface area (Å²) in [6.45, 7) is 0.661. The van der Waals surface area contributed by atoms with E-state index >= 15 is 0 Å². The maximum Gasteiger partial charge on any atom is 0.269 e. The second-order valence-electron chi connectivity index (χ2n) is 4.22. The molecule has 2 rings (SSSR count). The number of thioether (sulfide) groups is 1. The fourth-order valence-corrected chi connectivity index (χ4v) is 2.26. The molecule has 5 heteroatoms. The SMILES string of the molecule is CSCCCNC(=O)c1cc(N)c2ccccc2n1. The Morgan fingerprint density at radius 2 is 2.21 bits per heavy atom. The van der Waals surface area contributed by atoms with Crippen LogP contribution in [0.4, 0.5) is 5.69 Å². The maximum atomic E-state index is 12.0. The number of para-hydroxylation sites is 1. The number of amides is 1. The average Bonchev–Trinajstić information content (AvgIpc) is 2.43. The molecule has 0 aliphatic rings. The number of benzene rings is 1. The quantitative estimate of drug-likeness (QED) is 0.822. The van der Waals surface area contributed by atoms with Crippen molar-refractivity contribution in [2.75, 3.05) is 24.3 Å². The number of rotatable bonds is 5. The molecule has 1 heterocycles. The first-order chi connectivity index (χ1) is 9.22. The summed E-state index contributed by atoms with van der Waals surface area (Å²) in [7, 11) is 0. The summed E-state index contributed by atoms with van der Waals surface area (Å²) in [5, 5.41) is 3.73. The van der Waals surface area contributed by atoms with E-state index in [1.807, 2.05) is 30.5 Å². The second-order valence-corrected chi connectivity index (χ2v) is 5.20. The van der Waals surface area contributed by atoms with Gasteiger partial charge in [-0.2, -0.15) is 11.8 Å². The smallest absolute Gasteiger partial charge is 0.269 e. The standard InChI is InChI=1S/C14H17N3OS/c1-19-8-4-7-16-14(18)13-9-11(15)10-5-2-3-6-12(10)17-13/h2-3,5-6,9H,4,7-8H2,1H3,(H2,15,17)(H,16,18). The maximum absolute atomic E-state index is 12.0. The van der Waals surface area contributed by atoms with Gasteiger partial charge in [-0.05, 0) is 30.6 Å². The Morgan fingerprint density at radius 1 is 1.42 bits per heavy atom. The van der Waals surface area contributed by atoms with Crippen molar-refractivity contribution in [3.8, 4) is 0 Å². The number of carbonyl (C=O) groups excluding carboxylic acids is 1. The van der Waals surface area contributed by atoms with Gasteiger partial charge in [0.2, 0.25) is 0 Å². The molecule has 0 spiro atoms. The van der Waals surface area contributed by atoms with E-state index in [1.54, 1.807) is 17.8 Å². The molecule has 0 atom stereocenters. The molecule has 0 bridgehead atoms. The summed E-state index contributed by atoms with van der Waals surface area (Å²) in [6, 6.07) is 9.18. The predicted molar refractivity (Wildman–Crippen MR) is 81.5 cm³/mol. The fourth-order valence-electron chi connectivity index (χ4n) is 1.83. The minimum atomic E-state index is -0.168. The highest BCUT2D eigenvalue weighted by Crippen LogP contribution is 2.19. The van der Waals surface area contributed by atoms with E-state index in [0.29, 0.717) is 17.9 Å². The number of nitrogens with one attached hydrogen (secondary N) is 1. The van der Waals surface area contributed by atoms with Gasteiger partial charge in [0, 0.05) is 17.6 Å². The van der Waals surface area contributed by atoms with E-state index in [1.165, 1.54) is 0 Å². The number of nitrogens with zero attached hydrogens (tertiary/aromatic N) is 1. The minimum absolute atomic E-state index is 0.168. The van der Waals surface area contributed by atoms with E-state index in [-0.39, 0.29) is 5.91 Å². The molecule has 2 aromatic rings. The lowest BCUT2D eigenvalue weighted by Crippen LogP contribution is -2.25. The molecule has 1 aromatic heterocycles. The molecule has 4 nitrogen and oxygen atoms in total. The van der Waals surface area contributed by atoms with Crippen LogP contribution in [0.5, 0.6) is 0 Å². The highest BCUT2D eigenvalue weighted by molar-refractivity contribution is 7.98. The van der Waals surface area contributed by atoms with Crippen molar-refractivity contribution < 1.29 is 4.79 Å². The summed E-state index contributed by atoms with van der Waals surface area (Å²) in [4.78, 5) is 16.3. The van der Waals surface area contributed by atoms with Crippen molar-refractivity contribution in [2.24, 2.45) is 0 Å². The van der Waals surface area contributed by atoms with E-state index in [0.717, 1.165) is 23.1 Å². The first kappa shape index (κ1) is 13.7. The third kappa shape index (κ3) is 3.38. The number of nitrogen functional groups attached to an aromatic ring is 1. The van der Waals surface area contributed by atoms with Gasteiger partial charge in [0.15, 0.2) is 0 Å². The van der Waals surface area contributed by atoms with Gasteiger partial charge in [-0.3, -0.25) is 4.79 Å². The van der Waals surface area contributed by atoms with Gasteiger partial charge >= 0.3 is 0 Å². The third-order valence-electron chi connectivity index (χ3n) is 2.79. The molecule has 0 aliphatic carbocycles. The normalized spacial score (nSPS) is 10.6. The van der Waals surface area contributed by atoms with Crippen molar-refractivity contribution in [2.45, 2.75) is 6.42 Å². The molecule has 1 amide bonds. The molecule has 0 saturated heterocycles. The Kier molecular flexibility index (Phi) is 4.63. The molecule has 0 radical (unpaired) electrons. The Hall–Kier alpha value is -1.75. The topological polar surface area (TPSA) is 68.0 Å². The number of carbonyl (C=O) groups is 1. The zero-order valence-corrected chi connectivity index (χ0v) is 11.7. The van der Waals surface area contributed by atoms with Crippen LogP contribution in [0.3, 0.4) is 0 Å². The van der Waals surface area contributed by atoms with Crippen molar-refractivity contribution in [1.29, 1.82) is 0 Å². The summed E-state index contributed by atoms with van der Waals surface area (Å²) >= 11 is 1.77. The average molecular weight is 275 g/mol. The van der Waals surface area contributed by atoms with Crippen molar-refractivity contribution in [1.82, 2.24) is 10.3 Å². The van der Waals surface area contributed by atoms with Gasteiger partial charge < -0.3 is 11.1 Å². The Labute approximate surface area is 116 Å². The molecule has 0 aliphatic heterocycles. The van der Waals surface area contributed by atoms with Crippen LogP contribution in [0.25, 0.3) is 10.9 Å². The molecular weight excluding hydrogens is 258 g/mol. The van der Waals surface area contributed by atoms with E-state index in [9.17, 15) is 4.79 Å². The highest BCUT2D eigenvalue weighted by Gasteiger charge is 2.09. The van der Waals surface area contributed by atoms with Crippen LogP contribution in [0, 0.1) is 0 Å². The van der Waals surface area contributed by atoms with E-state index in [2.05, 4.69) is 10.3 Å². The highest BCUT2D eigenvalue weighted by atomic mass is 32.2. The summed E-state index contributed by atoms with van der Waals surface area (Å²) in [5.41, 5.74) is 7.65. The van der Waals surface area contributed by atoms with Crippen LogP contribution in [0.15, 0.2) is 30.3 Å². The first-order valence-electron chi connectivity index (χ1n) is 6.15. The number of nitrogens with two attached hydrogens (primary N) is 1.